The highest BCUT2D eigenvalue weighted by Gasteiger charge is 2.45. The molecule has 0 fully saturated rings. The van der Waals surface area contributed by atoms with Crippen molar-refractivity contribution in [3.05, 3.63) is 106 Å². The Balaban J connectivity index is 1.36. The Kier molecular flexibility index (Phi) is 8.29. The van der Waals surface area contributed by atoms with E-state index in [2.05, 4.69) is 5.16 Å². The predicted octanol–water partition coefficient (Wildman–Crippen LogP) is 9.61. The number of hydrogen-bond acceptors (Lipinski definition) is 5. The molecule has 5 aromatic rings. The highest BCUT2D eigenvalue weighted by atomic mass is 35.5. The van der Waals surface area contributed by atoms with Gasteiger partial charge in [0.05, 0.1) is 21.4 Å². The third kappa shape index (κ3) is 6.14. The number of ether oxygens (including phenoxy) is 1. The standard InChI is InChI=1S/C31H24Cl2F3NO4S/c1-18(2)30-25(29(37-41-30)28-26(32)4-3-5-27(28)33)16-40-24-13-12-22-14-21(10-11-23(22)15-24)20-8-6-19(7-9-20)17-42(38,39)31(34,35)36/h3-15,18H,16-17H2,1-2H3. The van der Waals surface area contributed by atoms with E-state index in [4.69, 9.17) is 32.5 Å². The molecular formula is C31H24Cl2F3NO4S. The van der Waals surface area contributed by atoms with Crippen molar-refractivity contribution in [1.82, 2.24) is 5.16 Å². The SMILES string of the molecule is CC(C)c1onc(-c2c(Cl)cccc2Cl)c1COc1ccc2cc(-c3ccc(CS(=O)(=O)C(F)(F)F)cc3)ccc2c1. The summed E-state index contributed by atoms with van der Waals surface area (Å²) in [5, 5.41) is 6.99. The third-order valence-electron chi connectivity index (χ3n) is 6.73. The predicted molar refractivity (Wildman–Crippen MR) is 158 cm³/mol. The molecule has 0 spiro atoms. The normalized spacial score (nSPS) is 12.3. The molecule has 0 amide bonds. The Morgan fingerprint density at radius 1 is 0.881 bits per heavy atom. The molecule has 5 rings (SSSR count). The molecule has 0 radical (unpaired) electrons. The van der Waals surface area contributed by atoms with Gasteiger partial charge in [0.15, 0.2) is 0 Å². The van der Waals surface area contributed by atoms with Gasteiger partial charge in [0.1, 0.15) is 23.8 Å². The summed E-state index contributed by atoms with van der Waals surface area (Å²) < 4.78 is 72.9. The zero-order valence-corrected chi connectivity index (χ0v) is 24.7. The molecule has 42 heavy (non-hydrogen) atoms. The van der Waals surface area contributed by atoms with Crippen molar-refractivity contribution in [2.45, 2.75) is 37.6 Å². The summed E-state index contributed by atoms with van der Waals surface area (Å²) in [6.45, 7) is 4.16. The number of nitrogens with zero attached hydrogens (tertiary/aromatic N) is 1. The van der Waals surface area contributed by atoms with E-state index in [1.807, 2.05) is 50.2 Å². The fraction of sp³-hybridized carbons (Fsp3) is 0.194. The first-order chi connectivity index (χ1) is 19.8. The molecule has 1 aromatic heterocycles. The van der Waals surface area contributed by atoms with Gasteiger partial charge in [0.25, 0.3) is 9.84 Å². The lowest BCUT2D eigenvalue weighted by Crippen LogP contribution is -2.24. The fourth-order valence-electron chi connectivity index (χ4n) is 4.58. The van der Waals surface area contributed by atoms with Gasteiger partial charge in [-0.05, 0) is 57.8 Å². The van der Waals surface area contributed by atoms with Crippen LogP contribution in [0.1, 0.15) is 36.7 Å². The van der Waals surface area contributed by atoms with Crippen molar-refractivity contribution < 1.29 is 30.8 Å². The van der Waals surface area contributed by atoms with E-state index in [-0.39, 0.29) is 18.1 Å². The van der Waals surface area contributed by atoms with E-state index in [0.717, 1.165) is 27.5 Å². The van der Waals surface area contributed by atoms with Crippen molar-refractivity contribution in [2.24, 2.45) is 0 Å². The van der Waals surface area contributed by atoms with Gasteiger partial charge in [-0.15, -0.1) is 0 Å². The second-order valence-corrected chi connectivity index (χ2v) is 12.8. The number of rotatable bonds is 8. The Morgan fingerprint density at radius 3 is 2.14 bits per heavy atom. The van der Waals surface area contributed by atoms with Crippen molar-refractivity contribution >= 4 is 43.8 Å². The highest BCUT2D eigenvalue weighted by Crippen LogP contribution is 2.39. The molecule has 5 nitrogen and oxygen atoms in total. The van der Waals surface area contributed by atoms with Crippen molar-refractivity contribution in [2.75, 3.05) is 0 Å². The Labute approximate surface area is 250 Å². The molecular weight excluding hydrogens is 610 g/mol. The molecule has 0 unspecified atom stereocenters. The van der Waals surface area contributed by atoms with Crippen molar-refractivity contribution in [3.8, 4) is 28.1 Å². The topological polar surface area (TPSA) is 69.4 Å². The van der Waals surface area contributed by atoms with Crippen LogP contribution in [0, 0.1) is 0 Å². The summed E-state index contributed by atoms with van der Waals surface area (Å²) >= 11 is 12.9. The quantitative estimate of drug-likeness (QED) is 0.170. The number of halogens is 5. The molecule has 1 heterocycles. The van der Waals surface area contributed by atoms with Gasteiger partial charge in [-0.2, -0.15) is 13.2 Å². The largest absolute Gasteiger partial charge is 0.497 e. The fourth-order valence-corrected chi connectivity index (χ4v) is 5.95. The molecule has 11 heteroatoms. The number of fused-ring (bicyclic) bond motifs is 1. The third-order valence-corrected chi connectivity index (χ3v) is 8.78. The van der Waals surface area contributed by atoms with Crippen LogP contribution < -0.4 is 4.74 Å². The maximum absolute atomic E-state index is 12.7. The minimum Gasteiger partial charge on any atom is -0.489 e. The molecule has 0 bridgehead atoms. The Hall–Kier alpha value is -3.53. The van der Waals surface area contributed by atoms with Crippen molar-refractivity contribution in [1.29, 1.82) is 0 Å². The smallest absolute Gasteiger partial charge is 0.489 e. The second-order valence-electron chi connectivity index (χ2n) is 10.0. The molecule has 0 saturated carbocycles. The molecule has 0 saturated heterocycles. The minimum atomic E-state index is -5.29. The van der Waals surface area contributed by atoms with E-state index in [1.54, 1.807) is 30.3 Å². The van der Waals surface area contributed by atoms with Gasteiger partial charge < -0.3 is 9.26 Å². The summed E-state index contributed by atoms with van der Waals surface area (Å²) in [6.07, 6.45) is 0. The zero-order chi connectivity index (χ0) is 30.2. The summed E-state index contributed by atoms with van der Waals surface area (Å²) in [5.41, 5.74) is -1.80. The van der Waals surface area contributed by atoms with E-state index in [9.17, 15) is 21.6 Å². The van der Waals surface area contributed by atoms with Crippen LogP contribution in [0.4, 0.5) is 13.2 Å². The lowest BCUT2D eigenvalue weighted by atomic mass is 10.00. The lowest BCUT2D eigenvalue weighted by Gasteiger charge is -2.12. The van der Waals surface area contributed by atoms with Crippen LogP contribution in [-0.4, -0.2) is 19.1 Å². The zero-order valence-electron chi connectivity index (χ0n) is 22.4. The monoisotopic (exact) mass is 633 g/mol. The average molecular weight is 635 g/mol. The van der Waals surface area contributed by atoms with E-state index in [1.165, 1.54) is 12.1 Å². The average Bonchev–Trinajstić information content (AvgIpc) is 3.35. The van der Waals surface area contributed by atoms with Gasteiger partial charge in [0.2, 0.25) is 0 Å². The van der Waals surface area contributed by atoms with Crippen LogP contribution in [0.15, 0.2) is 83.4 Å². The number of sulfone groups is 1. The van der Waals surface area contributed by atoms with Crippen molar-refractivity contribution in [3.63, 3.8) is 0 Å². The molecule has 4 aromatic carbocycles. The van der Waals surface area contributed by atoms with Crippen LogP contribution in [0.5, 0.6) is 5.75 Å². The minimum absolute atomic E-state index is 0.0456. The van der Waals surface area contributed by atoms with Gasteiger partial charge in [0, 0.05) is 11.5 Å². The van der Waals surface area contributed by atoms with Gasteiger partial charge >= 0.3 is 5.51 Å². The number of hydrogen-bond donors (Lipinski definition) is 0. The number of alkyl halides is 3. The molecule has 0 aliphatic heterocycles. The molecule has 0 N–H and O–H groups in total. The highest BCUT2D eigenvalue weighted by molar-refractivity contribution is 7.91. The first kappa shape index (κ1) is 29.9. The molecule has 0 aliphatic rings. The number of aromatic nitrogens is 1. The first-order valence-electron chi connectivity index (χ1n) is 12.8. The van der Waals surface area contributed by atoms with E-state index in [0.29, 0.717) is 32.8 Å². The first-order valence-corrected chi connectivity index (χ1v) is 15.2. The Morgan fingerprint density at radius 2 is 1.50 bits per heavy atom. The van der Waals surface area contributed by atoms with E-state index >= 15 is 0 Å². The van der Waals surface area contributed by atoms with Gasteiger partial charge in [-0.1, -0.05) is 90.7 Å². The summed E-state index contributed by atoms with van der Waals surface area (Å²) in [7, 11) is -5.24. The van der Waals surface area contributed by atoms with Crippen LogP contribution in [0.25, 0.3) is 33.2 Å². The van der Waals surface area contributed by atoms with Gasteiger partial charge in [-0.3, -0.25) is 0 Å². The summed E-state index contributed by atoms with van der Waals surface area (Å²) in [6, 6.07) is 22.6. The maximum Gasteiger partial charge on any atom is 0.497 e. The van der Waals surface area contributed by atoms with Crippen LogP contribution in [-0.2, 0) is 22.2 Å². The summed E-state index contributed by atoms with van der Waals surface area (Å²) in [4.78, 5) is 0. The lowest BCUT2D eigenvalue weighted by molar-refractivity contribution is -0.0437. The maximum atomic E-state index is 12.7. The molecule has 0 atom stereocenters. The molecule has 0 aliphatic carbocycles. The Bertz CT molecular complexity index is 1850. The van der Waals surface area contributed by atoms with Crippen LogP contribution >= 0.6 is 23.2 Å². The number of benzene rings is 4. The molecule has 218 valence electrons. The van der Waals surface area contributed by atoms with Crippen LogP contribution in [0.3, 0.4) is 0 Å². The van der Waals surface area contributed by atoms with Crippen LogP contribution in [0.2, 0.25) is 10.0 Å². The summed E-state index contributed by atoms with van der Waals surface area (Å²) in [5.74, 6) is 0.243. The second kappa shape index (κ2) is 11.6. The van der Waals surface area contributed by atoms with E-state index < -0.39 is 21.1 Å². The van der Waals surface area contributed by atoms with Gasteiger partial charge in [-0.25, -0.2) is 8.42 Å².